The van der Waals surface area contributed by atoms with Gasteiger partial charge in [0.2, 0.25) is 5.88 Å². The van der Waals surface area contributed by atoms with Gasteiger partial charge in [-0.1, -0.05) is 0 Å². The van der Waals surface area contributed by atoms with Crippen molar-refractivity contribution in [2.75, 3.05) is 7.11 Å². The van der Waals surface area contributed by atoms with E-state index in [1.54, 1.807) is 12.1 Å². The van der Waals surface area contributed by atoms with E-state index in [-0.39, 0.29) is 0 Å². The van der Waals surface area contributed by atoms with Crippen molar-refractivity contribution < 1.29 is 4.74 Å². The molecule has 0 fully saturated rings. The average molecular weight is 133 g/mol. The van der Waals surface area contributed by atoms with Crippen molar-refractivity contribution in [2.24, 2.45) is 0 Å². The first-order chi connectivity index (χ1) is 4.88. The second-order valence-electron chi connectivity index (χ2n) is 1.61. The minimum absolute atomic E-state index is 0.324. The molecule has 10 heavy (non-hydrogen) atoms. The molecule has 1 aromatic rings. The maximum absolute atomic E-state index is 8.47. The Morgan fingerprint density at radius 2 is 2.60 bits per heavy atom. The highest BCUT2D eigenvalue weighted by atomic mass is 16.5. The molecular formula is C7H5N2O. The van der Waals surface area contributed by atoms with E-state index in [9.17, 15) is 0 Å². The molecule has 1 heterocycles. The second-order valence-corrected chi connectivity index (χ2v) is 1.61. The number of hydrogen-bond donors (Lipinski definition) is 0. The predicted octanol–water partition coefficient (Wildman–Crippen LogP) is 0.762. The third-order valence-electron chi connectivity index (χ3n) is 1.03. The largest absolute Gasteiger partial charge is 0.480 e. The average Bonchev–Trinajstić information content (AvgIpc) is 2.04. The summed E-state index contributed by atoms with van der Waals surface area (Å²) in [5.74, 6) is 0.324. The minimum Gasteiger partial charge on any atom is -0.480 e. The van der Waals surface area contributed by atoms with E-state index in [2.05, 4.69) is 11.2 Å². The summed E-state index contributed by atoms with van der Waals surface area (Å²) >= 11 is 0. The van der Waals surface area contributed by atoms with Crippen molar-refractivity contribution in [3.8, 4) is 11.9 Å². The number of nitriles is 1. The zero-order valence-electron chi connectivity index (χ0n) is 5.46. The zero-order valence-corrected chi connectivity index (χ0v) is 5.46. The molecule has 0 atom stereocenters. The Hall–Kier alpha value is -1.56. The molecule has 0 aliphatic rings. The van der Waals surface area contributed by atoms with Gasteiger partial charge in [-0.15, -0.1) is 0 Å². The lowest BCUT2D eigenvalue weighted by Gasteiger charge is -1.96. The molecule has 0 spiro atoms. The van der Waals surface area contributed by atoms with Crippen LogP contribution in [0.25, 0.3) is 0 Å². The van der Waals surface area contributed by atoms with Gasteiger partial charge in [-0.2, -0.15) is 5.26 Å². The molecular weight excluding hydrogens is 128 g/mol. The van der Waals surface area contributed by atoms with Crippen LogP contribution in [-0.4, -0.2) is 12.1 Å². The fourth-order valence-electron chi connectivity index (χ4n) is 0.589. The van der Waals surface area contributed by atoms with Crippen LogP contribution in [0, 0.1) is 17.5 Å². The molecule has 0 unspecified atom stereocenters. The van der Waals surface area contributed by atoms with E-state index in [4.69, 9.17) is 10.00 Å². The van der Waals surface area contributed by atoms with Gasteiger partial charge in [0, 0.05) is 0 Å². The van der Waals surface area contributed by atoms with E-state index in [0.717, 1.165) is 0 Å². The van der Waals surface area contributed by atoms with Gasteiger partial charge in [0.25, 0.3) is 0 Å². The minimum atomic E-state index is 0.324. The van der Waals surface area contributed by atoms with E-state index < -0.39 is 0 Å². The SMILES string of the molecule is COc1n[c]ccc1C#N. The highest BCUT2D eigenvalue weighted by Crippen LogP contribution is 2.10. The molecule has 0 bridgehead atoms. The van der Waals surface area contributed by atoms with E-state index >= 15 is 0 Å². The summed E-state index contributed by atoms with van der Waals surface area (Å²) < 4.78 is 4.77. The van der Waals surface area contributed by atoms with Crippen molar-refractivity contribution >= 4 is 0 Å². The molecule has 0 saturated heterocycles. The molecule has 3 nitrogen and oxygen atoms in total. The smallest absolute Gasteiger partial charge is 0.232 e. The normalized spacial score (nSPS) is 8.40. The number of pyridine rings is 1. The van der Waals surface area contributed by atoms with Gasteiger partial charge in [0.1, 0.15) is 11.6 Å². The molecule has 3 heteroatoms. The van der Waals surface area contributed by atoms with Crippen molar-refractivity contribution in [2.45, 2.75) is 0 Å². The van der Waals surface area contributed by atoms with Gasteiger partial charge < -0.3 is 4.74 Å². The van der Waals surface area contributed by atoms with Crippen LogP contribution in [0.2, 0.25) is 0 Å². The van der Waals surface area contributed by atoms with Gasteiger partial charge in [0.15, 0.2) is 0 Å². The first-order valence-electron chi connectivity index (χ1n) is 2.69. The van der Waals surface area contributed by atoms with Crippen LogP contribution in [0.5, 0.6) is 5.88 Å². The Balaban J connectivity index is 3.12. The number of methoxy groups -OCH3 is 1. The summed E-state index contributed by atoms with van der Waals surface area (Å²) in [6.45, 7) is 0. The monoisotopic (exact) mass is 133 g/mol. The lowest BCUT2D eigenvalue weighted by Crippen LogP contribution is -1.89. The summed E-state index contributed by atoms with van der Waals surface area (Å²) in [4.78, 5) is 3.70. The van der Waals surface area contributed by atoms with E-state index in [1.807, 2.05) is 6.07 Å². The number of hydrogen-bond acceptors (Lipinski definition) is 3. The fraction of sp³-hybridized carbons (Fsp3) is 0.143. The Labute approximate surface area is 58.9 Å². The molecule has 1 radical (unpaired) electrons. The van der Waals surface area contributed by atoms with E-state index in [1.165, 1.54) is 7.11 Å². The molecule has 0 aromatic carbocycles. The lowest BCUT2D eigenvalue weighted by atomic mass is 10.3. The Morgan fingerprint density at radius 1 is 1.80 bits per heavy atom. The number of rotatable bonds is 1. The summed E-state index contributed by atoms with van der Waals surface area (Å²) in [5, 5.41) is 8.47. The maximum Gasteiger partial charge on any atom is 0.232 e. The quantitative estimate of drug-likeness (QED) is 0.568. The Bertz CT molecular complexity index is 265. The Morgan fingerprint density at radius 3 is 3.10 bits per heavy atom. The van der Waals surface area contributed by atoms with Gasteiger partial charge in [-0.25, -0.2) is 4.98 Å². The Kier molecular flexibility index (Phi) is 1.86. The maximum atomic E-state index is 8.47. The van der Waals surface area contributed by atoms with Gasteiger partial charge in [0.05, 0.1) is 13.3 Å². The van der Waals surface area contributed by atoms with Crippen molar-refractivity contribution in [1.82, 2.24) is 4.98 Å². The van der Waals surface area contributed by atoms with Crippen LogP contribution in [0.15, 0.2) is 12.1 Å². The highest BCUT2D eigenvalue weighted by Gasteiger charge is 1.98. The number of nitrogens with zero attached hydrogens (tertiary/aromatic N) is 2. The number of aromatic nitrogens is 1. The van der Waals surface area contributed by atoms with Crippen LogP contribution in [0.4, 0.5) is 0 Å². The zero-order chi connectivity index (χ0) is 7.40. The van der Waals surface area contributed by atoms with Crippen LogP contribution >= 0.6 is 0 Å². The van der Waals surface area contributed by atoms with Crippen molar-refractivity contribution in [3.63, 3.8) is 0 Å². The van der Waals surface area contributed by atoms with Crippen molar-refractivity contribution in [3.05, 3.63) is 23.9 Å². The molecule has 1 rings (SSSR count). The van der Waals surface area contributed by atoms with Crippen LogP contribution in [-0.2, 0) is 0 Å². The standard InChI is InChI=1S/C7H5N2O/c1-10-7-6(5-8)3-2-4-9-7/h2-3H,1H3. The molecule has 0 aliphatic heterocycles. The molecule has 49 valence electrons. The molecule has 1 aromatic heterocycles. The van der Waals surface area contributed by atoms with Gasteiger partial charge in [-0.3, -0.25) is 0 Å². The first-order valence-corrected chi connectivity index (χ1v) is 2.69. The second kappa shape index (κ2) is 2.83. The third-order valence-corrected chi connectivity index (χ3v) is 1.03. The highest BCUT2D eigenvalue weighted by molar-refractivity contribution is 5.36. The predicted molar refractivity (Wildman–Crippen MR) is 34.3 cm³/mol. The third kappa shape index (κ3) is 1.06. The van der Waals surface area contributed by atoms with Crippen LogP contribution in [0.3, 0.4) is 0 Å². The molecule has 0 amide bonds. The topological polar surface area (TPSA) is 45.9 Å². The summed E-state index contributed by atoms with van der Waals surface area (Å²) in [6, 6.07) is 5.11. The molecule has 0 saturated carbocycles. The summed E-state index contributed by atoms with van der Waals surface area (Å²) in [5.41, 5.74) is 0.432. The fourth-order valence-corrected chi connectivity index (χ4v) is 0.589. The van der Waals surface area contributed by atoms with Crippen LogP contribution in [0.1, 0.15) is 5.56 Å². The molecule has 0 aliphatic carbocycles. The first kappa shape index (κ1) is 6.56. The van der Waals surface area contributed by atoms with E-state index in [0.29, 0.717) is 11.4 Å². The summed E-state index contributed by atoms with van der Waals surface area (Å²) in [7, 11) is 1.47. The number of ether oxygens (including phenoxy) is 1. The lowest BCUT2D eigenvalue weighted by molar-refractivity contribution is 0.396. The van der Waals surface area contributed by atoms with Crippen molar-refractivity contribution in [1.29, 1.82) is 5.26 Å². The van der Waals surface area contributed by atoms with Gasteiger partial charge >= 0.3 is 0 Å². The van der Waals surface area contributed by atoms with Crippen LogP contribution < -0.4 is 4.74 Å². The molecule has 0 N–H and O–H groups in total. The van der Waals surface area contributed by atoms with Gasteiger partial charge in [-0.05, 0) is 12.1 Å². The summed E-state index contributed by atoms with van der Waals surface area (Å²) in [6.07, 6.45) is 2.56.